The van der Waals surface area contributed by atoms with Gasteiger partial charge in [0.15, 0.2) is 0 Å². The summed E-state index contributed by atoms with van der Waals surface area (Å²) in [6.45, 7) is 22.4. The largest absolute Gasteiger partial charge is 4.00 e. The molecule has 288 valence electrons. The van der Waals surface area contributed by atoms with Crippen LogP contribution in [0.4, 0.5) is 0 Å². The molecule has 0 spiro atoms. The molecule has 0 unspecified atom stereocenters. The number of carbonyl (C=O) groups is 4. The van der Waals surface area contributed by atoms with E-state index < -0.39 is 45.5 Å². The standard InChI is InChI=1S/4C10H20O2.Ce/c4*1-4-5-6-7-8-10(2,3)9(11)12;/h4*4-8H2,1-3H3,(H,11,12);/q;;;;+4/p-4. The van der Waals surface area contributed by atoms with Crippen LogP contribution >= 0.6 is 0 Å². The van der Waals surface area contributed by atoms with Crippen molar-refractivity contribution in [1.29, 1.82) is 0 Å². The first-order valence-corrected chi connectivity index (χ1v) is 18.9. The van der Waals surface area contributed by atoms with Gasteiger partial charge in [0.1, 0.15) is 0 Å². The van der Waals surface area contributed by atoms with Crippen LogP contribution in [0.15, 0.2) is 0 Å². The van der Waals surface area contributed by atoms with Crippen LogP contribution in [-0.4, -0.2) is 23.9 Å². The van der Waals surface area contributed by atoms with E-state index in [9.17, 15) is 39.6 Å². The Bertz CT molecular complexity index is 698. The SMILES string of the molecule is CCCCCCC(C)(C)C(=O)[O-].CCCCCCC(C)(C)C(=O)[O-].CCCCCCC(C)(C)C(=O)[O-].CCCCCCC(C)(C)C(=O)[O-].[Ce+4]. The van der Waals surface area contributed by atoms with Crippen LogP contribution in [0.5, 0.6) is 0 Å². The maximum atomic E-state index is 10.6. The molecule has 0 aliphatic carbocycles. The van der Waals surface area contributed by atoms with Crippen LogP contribution in [0.3, 0.4) is 0 Å². The maximum Gasteiger partial charge on any atom is 4.00 e. The van der Waals surface area contributed by atoms with E-state index in [0.717, 1.165) is 77.0 Å². The molecular weight excluding hydrogens is 749 g/mol. The molecule has 0 saturated heterocycles. The molecule has 0 N–H and O–H groups in total. The number of hydrogen-bond donors (Lipinski definition) is 0. The molecular formula is C40H76CeO8. The van der Waals surface area contributed by atoms with Gasteiger partial charge in [-0.3, -0.25) is 0 Å². The predicted octanol–water partition coefficient (Wildman–Crippen LogP) is 6.93. The Morgan fingerprint density at radius 1 is 0.327 bits per heavy atom. The molecule has 0 aromatic rings. The minimum Gasteiger partial charge on any atom is -0.550 e. The molecule has 0 heterocycles. The summed E-state index contributed by atoms with van der Waals surface area (Å²) in [6, 6.07) is 0. The summed E-state index contributed by atoms with van der Waals surface area (Å²) in [4.78, 5) is 42.3. The van der Waals surface area contributed by atoms with Gasteiger partial charge in [0.25, 0.3) is 0 Å². The van der Waals surface area contributed by atoms with Gasteiger partial charge >= 0.3 is 41.7 Å². The molecule has 49 heavy (non-hydrogen) atoms. The van der Waals surface area contributed by atoms with Gasteiger partial charge in [0.2, 0.25) is 0 Å². The summed E-state index contributed by atoms with van der Waals surface area (Å²) in [7, 11) is 0. The zero-order valence-corrected chi connectivity index (χ0v) is 37.0. The van der Waals surface area contributed by atoms with Crippen LogP contribution in [0.1, 0.15) is 212 Å². The monoisotopic (exact) mass is 824 g/mol. The van der Waals surface area contributed by atoms with E-state index in [2.05, 4.69) is 27.7 Å². The Morgan fingerprint density at radius 2 is 0.469 bits per heavy atom. The predicted molar refractivity (Wildman–Crippen MR) is 190 cm³/mol. The Hall–Kier alpha value is -0.743. The third-order valence-electron chi connectivity index (χ3n) is 8.83. The normalized spacial score (nSPS) is 11.3. The van der Waals surface area contributed by atoms with Gasteiger partial charge in [-0.1, -0.05) is 186 Å². The van der Waals surface area contributed by atoms with Gasteiger partial charge in [-0.05, 0) is 25.7 Å². The number of rotatable bonds is 24. The molecule has 0 aliphatic rings. The maximum absolute atomic E-state index is 10.6. The van der Waals surface area contributed by atoms with E-state index in [1.54, 1.807) is 55.4 Å². The summed E-state index contributed by atoms with van der Waals surface area (Å²) in [6.07, 6.45) is 21.0. The summed E-state index contributed by atoms with van der Waals surface area (Å²) in [5.74, 6) is -3.73. The second-order valence-corrected chi connectivity index (χ2v) is 15.9. The first kappa shape index (κ1) is 57.6. The van der Waals surface area contributed by atoms with E-state index in [4.69, 9.17) is 0 Å². The van der Waals surface area contributed by atoms with Gasteiger partial charge in [-0.25, -0.2) is 0 Å². The topological polar surface area (TPSA) is 161 Å². The first-order valence-electron chi connectivity index (χ1n) is 18.9. The Balaban J connectivity index is -0.000000174. The molecule has 9 heteroatoms. The summed E-state index contributed by atoms with van der Waals surface area (Å²) in [5.41, 5.74) is -2.58. The van der Waals surface area contributed by atoms with E-state index in [0.29, 0.717) is 0 Å². The van der Waals surface area contributed by atoms with Crippen LogP contribution in [-0.2, 0) is 19.2 Å². The van der Waals surface area contributed by atoms with E-state index in [1.165, 1.54) is 51.4 Å². The summed E-state index contributed by atoms with van der Waals surface area (Å²) in [5, 5.41) is 42.3. The molecule has 0 aromatic heterocycles. The number of carbonyl (C=O) groups excluding carboxylic acids is 4. The molecule has 0 aromatic carbocycles. The van der Waals surface area contributed by atoms with Crippen LogP contribution in [0, 0.1) is 63.4 Å². The minimum atomic E-state index is -0.931. The first-order chi connectivity index (χ1) is 22.0. The van der Waals surface area contributed by atoms with Crippen LogP contribution in [0.25, 0.3) is 0 Å². The van der Waals surface area contributed by atoms with Gasteiger partial charge in [-0.15, -0.1) is 0 Å². The second-order valence-electron chi connectivity index (χ2n) is 15.9. The molecule has 0 fully saturated rings. The van der Waals surface area contributed by atoms with Crippen molar-refractivity contribution in [3.8, 4) is 0 Å². The molecule has 0 atom stereocenters. The molecule has 8 nitrogen and oxygen atoms in total. The van der Waals surface area contributed by atoms with Crippen LogP contribution < -0.4 is 20.4 Å². The molecule has 0 saturated carbocycles. The van der Waals surface area contributed by atoms with Crippen molar-refractivity contribution in [2.75, 3.05) is 0 Å². The average Bonchev–Trinajstić information content (AvgIpc) is 2.99. The van der Waals surface area contributed by atoms with Gasteiger partial charge in [-0.2, -0.15) is 0 Å². The fourth-order valence-corrected chi connectivity index (χ4v) is 4.38. The fraction of sp³-hybridized carbons (Fsp3) is 0.900. The van der Waals surface area contributed by atoms with E-state index >= 15 is 0 Å². The molecule has 0 radical (unpaired) electrons. The van der Waals surface area contributed by atoms with Crippen LogP contribution in [0.2, 0.25) is 0 Å². The fourth-order valence-electron chi connectivity index (χ4n) is 4.38. The number of carboxylic acids is 4. The van der Waals surface area contributed by atoms with Crippen molar-refractivity contribution in [2.45, 2.75) is 212 Å². The number of hydrogen-bond acceptors (Lipinski definition) is 8. The van der Waals surface area contributed by atoms with Gasteiger partial charge < -0.3 is 39.6 Å². The molecule has 0 aliphatic heterocycles. The van der Waals surface area contributed by atoms with E-state index in [-0.39, 0.29) is 41.7 Å². The van der Waals surface area contributed by atoms with Crippen molar-refractivity contribution in [1.82, 2.24) is 0 Å². The number of carboxylic acid groups (broad SMARTS) is 4. The zero-order valence-electron chi connectivity index (χ0n) is 33.9. The van der Waals surface area contributed by atoms with Crippen molar-refractivity contribution >= 4 is 23.9 Å². The van der Waals surface area contributed by atoms with E-state index in [1.807, 2.05) is 0 Å². The third-order valence-corrected chi connectivity index (χ3v) is 8.83. The Labute approximate surface area is 336 Å². The smallest absolute Gasteiger partial charge is 0.550 e. The van der Waals surface area contributed by atoms with Gasteiger partial charge in [0.05, 0.1) is 0 Å². The van der Waals surface area contributed by atoms with Crippen molar-refractivity contribution in [3.63, 3.8) is 0 Å². The Morgan fingerprint density at radius 3 is 0.571 bits per heavy atom. The zero-order chi connectivity index (χ0) is 38.5. The number of unbranched alkanes of at least 4 members (excludes halogenated alkanes) is 12. The van der Waals surface area contributed by atoms with Crippen molar-refractivity contribution in [3.05, 3.63) is 0 Å². The molecule has 0 amide bonds. The summed E-state index contributed by atoms with van der Waals surface area (Å²) >= 11 is 0. The Kier molecular flexibility index (Phi) is 38.9. The summed E-state index contributed by atoms with van der Waals surface area (Å²) < 4.78 is 0. The molecule has 0 rings (SSSR count). The third kappa shape index (κ3) is 36.8. The second kappa shape index (κ2) is 33.1. The molecule has 0 bridgehead atoms. The number of aliphatic carboxylic acids is 4. The minimum absolute atomic E-state index is 0. The average molecular weight is 825 g/mol. The van der Waals surface area contributed by atoms with Crippen molar-refractivity contribution < 1.29 is 81.4 Å². The van der Waals surface area contributed by atoms with Crippen molar-refractivity contribution in [2.24, 2.45) is 21.7 Å². The quantitative estimate of drug-likeness (QED) is 0.0948. The van der Waals surface area contributed by atoms with Gasteiger partial charge in [0, 0.05) is 45.5 Å².